The third-order valence-corrected chi connectivity index (χ3v) is 3.91. The lowest BCUT2D eigenvalue weighted by molar-refractivity contribution is 0.966. The highest BCUT2D eigenvalue weighted by Crippen LogP contribution is 2.34. The molecular weight excluding hydrogens is 270 g/mol. The largest absolute Gasteiger partial charge is 0.399 e. The molecule has 0 bridgehead atoms. The minimum Gasteiger partial charge on any atom is -0.399 e. The van der Waals surface area contributed by atoms with Gasteiger partial charge in [0.05, 0.1) is 0 Å². The Morgan fingerprint density at radius 2 is 1.27 bits per heavy atom. The van der Waals surface area contributed by atoms with Gasteiger partial charge in [0.1, 0.15) is 0 Å². The monoisotopic (exact) mass is 289 g/mol. The van der Waals surface area contributed by atoms with Crippen LogP contribution in [0.1, 0.15) is 23.5 Å². The van der Waals surface area contributed by atoms with Gasteiger partial charge in [-0.1, -0.05) is 36.4 Å². The third kappa shape index (κ3) is 2.93. The summed E-state index contributed by atoms with van der Waals surface area (Å²) >= 11 is 0. The van der Waals surface area contributed by atoms with Gasteiger partial charge in [-0.25, -0.2) is 0 Å². The molecule has 110 valence electrons. The topological polar surface area (TPSA) is 75.9 Å². The van der Waals surface area contributed by atoms with Gasteiger partial charge in [0.2, 0.25) is 0 Å². The summed E-state index contributed by atoms with van der Waals surface area (Å²) in [5.74, 6) is 0.130. The van der Waals surface area contributed by atoms with Crippen LogP contribution in [0.25, 0.3) is 0 Å². The molecule has 0 atom stereocenters. The number of hydrogen-bond acceptors (Lipinski definition) is 3. The Labute approximate surface area is 130 Å². The number of allylic oxidation sites excluding steroid dienone is 4. The highest BCUT2D eigenvalue weighted by Gasteiger charge is 2.19. The van der Waals surface area contributed by atoms with Gasteiger partial charge in [0, 0.05) is 29.4 Å². The third-order valence-electron chi connectivity index (χ3n) is 3.91. The van der Waals surface area contributed by atoms with Crippen LogP contribution >= 0.6 is 0 Å². The standard InChI is InChI=1S/C19H19N3/c20-16-7-1-13(2-8-16)19(14-3-9-17(21)10-4-14)15-5-11-18(22)12-6-15/h1-11,19,22H,12,20-21H2. The second-order valence-electron chi connectivity index (χ2n) is 5.53. The molecule has 0 aromatic heterocycles. The van der Waals surface area contributed by atoms with Crippen LogP contribution in [-0.2, 0) is 0 Å². The Balaban J connectivity index is 2.06. The average molecular weight is 289 g/mol. The summed E-state index contributed by atoms with van der Waals surface area (Å²) in [6, 6.07) is 15.9. The van der Waals surface area contributed by atoms with Crippen LogP contribution in [0.3, 0.4) is 0 Å². The van der Waals surface area contributed by atoms with Crippen LogP contribution < -0.4 is 11.5 Å². The first kappa shape index (κ1) is 14.1. The molecule has 0 saturated heterocycles. The fraction of sp³-hybridized carbons (Fsp3) is 0.105. The smallest absolute Gasteiger partial charge is 0.0351 e. The molecule has 3 nitrogen and oxygen atoms in total. The number of anilines is 2. The highest BCUT2D eigenvalue weighted by molar-refractivity contribution is 5.95. The van der Waals surface area contributed by atoms with Crippen molar-refractivity contribution in [2.75, 3.05) is 11.5 Å². The molecule has 0 heterocycles. The molecule has 0 aliphatic heterocycles. The number of nitrogens with two attached hydrogens (primary N) is 2. The van der Waals surface area contributed by atoms with Gasteiger partial charge in [-0.2, -0.15) is 0 Å². The first-order valence-corrected chi connectivity index (χ1v) is 7.30. The van der Waals surface area contributed by atoms with E-state index in [0.717, 1.165) is 11.4 Å². The zero-order chi connectivity index (χ0) is 15.5. The van der Waals surface area contributed by atoms with Gasteiger partial charge in [-0.15, -0.1) is 0 Å². The average Bonchev–Trinajstić information content (AvgIpc) is 2.53. The van der Waals surface area contributed by atoms with Crippen molar-refractivity contribution in [2.45, 2.75) is 12.3 Å². The van der Waals surface area contributed by atoms with E-state index >= 15 is 0 Å². The van der Waals surface area contributed by atoms with E-state index in [2.05, 4.69) is 30.3 Å². The minimum atomic E-state index is 0.130. The summed E-state index contributed by atoms with van der Waals surface area (Å²) in [6.07, 6.45) is 6.70. The molecule has 0 amide bonds. The maximum absolute atomic E-state index is 7.72. The van der Waals surface area contributed by atoms with E-state index in [4.69, 9.17) is 16.9 Å². The maximum atomic E-state index is 7.72. The molecule has 3 rings (SSSR count). The van der Waals surface area contributed by atoms with Gasteiger partial charge in [-0.05, 0) is 47.0 Å². The van der Waals surface area contributed by atoms with Crippen molar-refractivity contribution in [3.8, 4) is 0 Å². The second-order valence-corrected chi connectivity index (χ2v) is 5.53. The van der Waals surface area contributed by atoms with Crippen molar-refractivity contribution in [1.29, 1.82) is 5.41 Å². The highest BCUT2D eigenvalue weighted by atomic mass is 14.5. The number of nitrogen functional groups attached to an aromatic ring is 2. The fourth-order valence-electron chi connectivity index (χ4n) is 2.73. The molecule has 0 radical (unpaired) electrons. The van der Waals surface area contributed by atoms with Crippen LogP contribution in [0, 0.1) is 5.41 Å². The zero-order valence-electron chi connectivity index (χ0n) is 12.3. The molecule has 5 N–H and O–H groups in total. The van der Waals surface area contributed by atoms with Gasteiger partial charge in [0.25, 0.3) is 0 Å². The van der Waals surface area contributed by atoms with Crippen LogP contribution in [0.2, 0.25) is 0 Å². The summed E-state index contributed by atoms with van der Waals surface area (Å²) in [7, 11) is 0. The molecule has 1 aliphatic carbocycles. The lowest BCUT2D eigenvalue weighted by Gasteiger charge is -2.22. The Hall–Kier alpha value is -2.81. The molecular formula is C19H19N3. The van der Waals surface area contributed by atoms with Gasteiger partial charge in [-0.3, -0.25) is 0 Å². The molecule has 1 aliphatic rings. The lowest BCUT2D eigenvalue weighted by atomic mass is 9.82. The quantitative estimate of drug-likeness (QED) is 0.750. The molecule has 3 heteroatoms. The maximum Gasteiger partial charge on any atom is 0.0351 e. The van der Waals surface area contributed by atoms with Crippen LogP contribution in [0.5, 0.6) is 0 Å². The van der Waals surface area contributed by atoms with Crippen molar-refractivity contribution in [3.05, 3.63) is 83.5 Å². The molecule has 0 spiro atoms. The molecule has 0 unspecified atom stereocenters. The minimum absolute atomic E-state index is 0.130. The van der Waals surface area contributed by atoms with E-state index in [-0.39, 0.29) is 5.92 Å². The van der Waals surface area contributed by atoms with Gasteiger partial charge in [0.15, 0.2) is 0 Å². The molecule has 0 saturated carbocycles. The summed E-state index contributed by atoms with van der Waals surface area (Å²) in [5.41, 5.74) is 17.3. The van der Waals surface area contributed by atoms with E-state index in [1.807, 2.05) is 36.4 Å². The van der Waals surface area contributed by atoms with Crippen molar-refractivity contribution in [1.82, 2.24) is 0 Å². The van der Waals surface area contributed by atoms with E-state index in [9.17, 15) is 0 Å². The predicted molar refractivity (Wildman–Crippen MR) is 93.1 cm³/mol. The molecule has 22 heavy (non-hydrogen) atoms. The second kappa shape index (κ2) is 5.90. The molecule has 2 aromatic rings. The van der Waals surface area contributed by atoms with E-state index in [1.165, 1.54) is 16.7 Å². The van der Waals surface area contributed by atoms with Crippen LogP contribution in [0.4, 0.5) is 11.4 Å². The van der Waals surface area contributed by atoms with Crippen LogP contribution in [-0.4, -0.2) is 5.71 Å². The first-order chi connectivity index (χ1) is 10.6. The Morgan fingerprint density at radius 1 is 0.773 bits per heavy atom. The fourth-order valence-corrected chi connectivity index (χ4v) is 2.73. The summed E-state index contributed by atoms with van der Waals surface area (Å²) in [6.45, 7) is 0. The number of rotatable bonds is 3. The van der Waals surface area contributed by atoms with Crippen molar-refractivity contribution in [3.63, 3.8) is 0 Å². The SMILES string of the molecule is N=C1C=CC(C(c2ccc(N)cc2)c2ccc(N)cc2)=CC1. The number of benzene rings is 2. The first-order valence-electron chi connectivity index (χ1n) is 7.30. The summed E-state index contributed by atoms with van der Waals surface area (Å²) < 4.78 is 0. The van der Waals surface area contributed by atoms with E-state index in [0.29, 0.717) is 12.1 Å². The lowest BCUT2D eigenvalue weighted by Crippen LogP contribution is -2.07. The predicted octanol–water partition coefficient (Wildman–Crippen LogP) is 3.89. The Morgan fingerprint density at radius 3 is 1.68 bits per heavy atom. The molecule has 2 aromatic carbocycles. The Kier molecular flexibility index (Phi) is 3.79. The number of nitrogens with one attached hydrogen (secondary N) is 1. The van der Waals surface area contributed by atoms with Crippen molar-refractivity contribution in [2.24, 2.45) is 0 Å². The zero-order valence-corrected chi connectivity index (χ0v) is 12.3. The molecule has 0 fully saturated rings. The van der Waals surface area contributed by atoms with Gasteiger partial charge >= 0.3 is 0 Å². The Bertz CT molecular complexity index is 692. The number of hydrogen-bond donors (Lipinski definition) is 3. The van der Waals surface area contributed by atoms with E-state index < -0.39 is 0 Å². The van der Waals surface area contributed by atoms with Crippen LogP contribution in [0.15, 0.2) is 72.3 Å². The van der Waals surface area contributed by atoms with Crippen molar-refractivity contribution >= 4 is 17.1 Å². The van der Waals surface area contributed by atoms with Gasteiger partial charge < -0.3 is 16.9 Å². The normalized spacial score (nSPS) is 14.2. The van der Waals surface area contributed by atoms with Crippen molar-refractivity contribution < 1.29 is 0 Å². The summed E-state index contributed by atoms with van der Waals surface area (Å²) in [5, 5.41) is 7.72. The van der Waals surface area contributed by atoms with E-state index in [1.54, 1.807) is 0 Å². The summed E-state index contributed by atoms with van der Waals surface area (Å²) in [4.78, 5) is 0.